The summed E-state index contributed by atoms with van der Waals surface area (Å²) in [7, 11) is 0. The Morgan fingerprint density at radius 2 is 1.89 bits per heavy atom. The van der Waals surface area contributed by atoms with Gasteiger partial charge in [-0.05, 0) is 38.5 Å². The van der Waals surface area contributed by atoms with Crippen LogP contribution in [0.3, 0.4) is 0 Å². The van der Waals surface area contributed by atoms with Crippen LogP contribution in [0.15, 0.2) is 0 Å². The largest absolute Gasteiger partial charge is 0.337 e. The molecule has 2 saturated heterocycles. The zero-order valence-corrected chi connectivity index (χ0v) is 11.1. The van der Waals surface area contributed by atoms with Gasteiger partial charge in [0.05, 0.1) is 0 Å². The molecule has 3 aliphatic rings. The molecule has 100 valence electrons. The molecule has 4 heteroatoms. The quantitative estimate of drug-likeness (QED) is 0.743. The fraction of sp³-hybridized carbons (Fsp3) is 0.857. The third kappa shape index (κ3) is 1.82. The summed E-state index contributed by atoms with van der Waals surface area (Å²) in [6.45, 7) is 3.57. The fourth-order valence-electron chi connectivity index (χ4n) is 3.56. The highest BCUT2D eigenvalue weighted by atomic mass is 16.2. The van der Waals surface area contributed by atoms with Gasteiger partial charge in [-0.1, -0.05) is 6.42 Å². The van der Waals surface area contributed by atoms with E-state index in [1.54, 1.807) is 0 Å². The molecule has 0 bridgehead atoms. The van der Waals surface area contributed by atoms with E-state index in [1.807, 2.05) is 9.80 Å². The second-order valence-electron chi connectivity index (χ2n) is 5.96. The van der Waals surface area contributed by atoms with Gasteiger partial charge in [-0.3, -0.25) is 9.59 Å². The molecule has 0 aromatic rings. The number of carbonyl (C=O) groups is 2. The Bertz CT molecular complexity index is 365. The molecule has 2 aliphatic heterocycles. The van der Waals surface area contributed by atoms with Crippen LogP contribution < -0.4 is 0 Å². The lowest BCUT2D eigenvalue weighted by atomic mass is 9.79. The summed E-state index contributed by atoms with van der Waals surface area (Å²) < 4.78 is 0. The number of rotatable bonds is 2. The van der Waals surface area contributed by atoms with Crippen molar-refractivity contribution in [2.24, 2.45) is 5.92 Å². The van der Waals surface area contributed by atoms with E-state index >= 15 is 0 Å². The summed E-state index contributed by atoms with van der Waals surface area (Å²) in [6.07, 6.45) is 6.14. The molecule has 0 aromatic heterocycles. The Balaban J connectivity index is 1.78. The van der Waals surface area contributed by atoms with E-state index in [0.29, 0.717) is 24.9 Å². The van der Waals surface area contributed by atoms with Crippen LogP contribution in [0.5, 0.6) is 0 Å². The Morgan fingerprint density at radius 3 is 2.56 bits per heavy atom. The van der Waals surface area contributed by atoms with Crippen LogP contribution >= 0.6 is 0 Å². The molecule has 1 aliphatic carbocycles. The van der Waals surface area contributed by atoms with Gasteiger partial charge in [0.25, 0.3) is 0 Å². The molecule has 3 fully saturated rings. The van der Waals surface area contributed by atoms with Gasteiger partial charge in [0.2, 0.25) is 11.8 Å². The van der Waals surface area contributed by atoms with Crippen molar-refractivity contribution in [3.8, 4) is 0 Å². The molecule has 0 N–H and O–H groups in total. The van der Waals surface area contributed by atoms with Crippen molar-refractivity contribution in [3.63, 3.8) is 0 Å². The molecule has 0 aromatic carbocycles. The summed E-state index contributed by atoms with van der Waals surface area (Å²) in [5.74, 6) is 1.05. The lowest BCUT2D eigenvalue weighted by Crippen LogP contribution is -2.49. The Kier molecular flexibility index (Phi) is 3.04. The van der Waals surface area contributed by atoms with Crippen LogP contribution in [0.2, 0.25) is 0 Å². The van der Waals surface area contributed by atoms with E-state index in [4.69, 9.17) is 0 Å². The molecule has 2 heterocycles. The molecular formula is C14H22N2O2. The van der Waals surface area contributed by atoms with Crippen LogP contribution in [-0.4, -0.2) is 46.8 Å². The van der Waals surface area contributed by atoms with Crippen LogP contribution in [0.4, 0.5) is 0 Å². The average Bonchev–Trinajstić information content (AvgIpc) is 2.71. The molecule has 0 spiro atoms. The Morgan fingerprint density at radius 1 is 1.11 bits per heavy atom. The lowest BCUT2D eigenvalue weighted by molar-refractivity contribution is -0.141. The summed E-state index contributed by atoms with van der Waals surface area (Å²) in [4.78, 5) is 28.4. The maximum atomic E-state index is 12.6. The summed E-state index contributed by atoms with van der Waals surface area (Å²) in [5.41, 5.74) is 0. The Labute approximate surface area is 108 Å². The van der Waals surface area contributed by atoms with Crippen LogP contribution in [0.25, 0.3) is 0 Å². The van der Waals surface area contributed by atoms with E-state index < -0.39 is 0 Å². The summed E-state index contributed by atoms with van der Waals surface area (Å²) in [5, 5.41) is 0. The standard InChI is InChI=1S/C14H22N2O2/c1-10(11-4-2-5-11)15-9-7-13(17)16-8-3-6-12(16)14(15)18/h10-12H,2-9H2,1H3. The van der Waals surface area contributed by atoms with Gasteiger partial charge in [0.1, 0.15) is 6.04 Å². The van der Waals surface area contributed by atoms with Crippen molar-refractivity contribution in [1.82, 2.24) is 9.80 Å². The Hall–Kier alpha value is -1.06. The second kappa shape index (κ2) is 4.56. The van der Waals surface area contributed by atoms with Crippen LogP contribution in [0, 0.1) is 5.92 Å². The highest BCUT2D eigenvalue weighted by Gasteiger charge is 2.42. The van der Waals surface area contributed by atoms with Crippen molar-refractivity contribution in [1.29, 1.82) is 0 Å². The molecule has 1 saturated carbocycles. The molecule has 2 atom stereocenters. The minimum Gasteiger partial charge on any atom is -0.337 e. The third-order valence-electron chi connectivity index (χ3n) is 5.03. The smallest absolute Gasteiger partial charge is 0.245 e. The van der Waals surface area contributed by atoms with Crippen molar-refractivity contribution in [2.45, 2.75) is 57.5 Å². The number of hydrogen-bond donors (Lipinski definition) is 0. The van der Waals surface area contributed by atoms with Crippen LogP contribution in [-0.2, 0) is 9.59 Å². The van der Waals surface area contributed by atoms with Gasteiger partial charge in [-0.15, -0.1) is 0 Å². The van der Waals surface area contributed by atoms with E-state index in [-0.39, 0.29) is 17.9 Å². The molecule has 18 heavy (non-hydrogen) atoms. The predicted molar refractivity (Wildman–Crippen MR) is 67.9 cm³/mol. The molecule has 2 unspecified atom stereocenters. The minimum atomic E-state index is -0.150. The van der Waals surface area contributed by atoms with Crippen molar-refractivity contribution < 1.29 is 9.59 Å². The molecule has 0 radical (unpaired) electrons. The predicted octanol–water partition coefficient (Wildman–Crippen LogP) is 1.40. The minimum absolute atomic E-state index is 0.150. The molecule has 3 rings (SSSR count). The zero-order valence-electron chi connectivity index (χ0n) is 11.1. The van der Waals surface area contributed by atoms with Crippen molar-refractivity contribution in [2.75, 3.05) is 13.1 Å². The monoisotopic (exact) mass is 250 g/mol. The number of carbonyl (C=O) groups excluding carboxylic acids is 2. The van der Waals surface area contributed by atoms with Gasteiger partial charge in [0, 0.05) is 25.6 Å². The highest BCUT2D eigenvalue weighted by molar-refractivity contribution is 5.90. The number of hydrogen-bond acceptors (Lipinski definition) is 2. The fourth-order valence-corrected chi connectivity index (χ4v) is 3.56. The summed E-state index contributed by atoms with van der Waals surface area (Å²) in [6, 6.07) is 0.169. The first kappa shape index (κ1) is 12.0. The molecule has 4 nitrogen and oxygen atoms in total. The van der Waals surface area contributed by atoms with Gasteiger partial charge in [-0.2, -0.15) is 0 Å². The van der Waals surface area contributed by atoms with E-state index in [1.165, 1.54) is 19.3 Å². The van der Waals surface area contributed by atoms with E-state index in [2.05, 4.69) is 6.92 Å². The average molecular weight is 250 g/mol. The second-order valence-corrected chi connectivity index (χ2v) is 5.96. The first-order chi connectivity index (χ1) is 8.68. The normalized spacial score (nSPS) is 31.1. The van der Waals surface area contributed by atoms with Gasteiger partial charge in [0.15, 0.2) is 0 Å². The number of nitrogens with zero attached hydrogens (tertiary/aromatic N) is 2. The first-order valence-electron chi connectivity index (χ1n) is 7.28. The topological polar surface area (TPSA) is 40.6 Å². The van der Waals surface area contributed by atoms with Crippen LogP contribution in [0.1, 0.15) is 45.4 Å². The van der Waals surface area contributed by atoms with Gasteiger partial charge in [-0.25, -0.2) is 0 Å². The highest BCUT2D eigenvalue weighted by Crippen LogP contribution is 2.34. The van der Waals surface area contributed by atoms with E-state index in [0.717, 1.165) is 19.4 Å². The lowest BCUT2D eigenvalue weighted by Gasteiger charge is -2.39. The van der Waals surface area contributed by atoms with E-state index in [9.17, 15) is 9.59 Å². The molecular weight excluding hydrogens is 228 g/mol. The van der Waals surface area contributed by atoms with Gasteiger partial charge < -0.3 is 9.80 Å². The van der Waals surface area contributed by atoms with Crippen molar-refractivity contribution in [3.05, 3.63) is 0 Å². The van der Waals surface area contributed by atoms with Crippen molar-refractivity contribution >= 4 is 11.8 Å². The third-order valence-corrected chi connectivity index (χ3v) is 5.03. The number of fused-ring (bicyclic) bond motifs is 1. The first-order valence-corrected chi connectivity index (χ1v) is 7.28. The SMILES string of the molecule is CC(C1CCC1)N1CCC(=O)N2CCCC2C1=O. The maximum absolute atomic E-state index is 12.6. The molecule has 2 amide bonds. The number of amides is 2. The maximum Gasteiger partial charge on any atom is 0.245 e. The van der Waals surface area contributed by atoms with Gasteiger partial charge >= 0.3 is 0 Å². The zero-order chi connectivity index (χ0) is 12.7. The summed E-state index contributed by atoms with van der Waals surface area (Å²) >= 11 is 0.